The Morgan fingerprint density at radius 2 is 0.495 bits per heavy atom. The minimum Gasteiger partial charge on any atom is -0.462 e. The molecule has 2 unspecified atom stereocenters. The van der Waals surface area contributed by atoms with E-state index >= 15 is 0 Å². The number of carbonyl (C=O) groups is 4. The number of rotatable bonds is 74. The molecule has 0 saturated carbocycles. The van der Waals surface area contributed by atoms with Crippen LogP contribution in [0.3, 0.4) is 0 Å². The summed E-state index contributed by atoms with van der Waals surface area (Å²) in [6.07, 6.45) is 55.4. The molecule has 17 nitrogen and oxygen atoms in total. The highest BCUT2D eigenvalue weighted by Crippen LogP contribution is 2.45. The maximum Gasteiger partial charge on any atom is 0.472 e. The van der Waals surface area contributed by atoms with Gasteiger partial charge >= 0.3 is 39.5 Å². The minimum absolute atomic E-state index is 0.107. The Hall–Kier alpha value is -1.94. The van der Waals surface area contributed by atoms with Crippen LogP contribution in [0.1, 0.15) is 388 Å². The Bertz CT molecular complexity index is 1790. The van der Waals surface area contributed by atoms with Crippen LogP contribution in [-0.4, -0.2) is 96.7 Å². The quantitative estimate of drug-likeness (QED) is 0.0222. The Morgan fingerprint density at radius 1 is 0.290 bits per heavy atom. The molecule has 0 rings (SSSR count). The molecule has 0 fully saturated rings. The smallest absolute Gasteiger partial charge is 0.462 e. The molecule has 0 bridgehead atoms. The lowest BCUT2D eigenvalue weighted by Gasteiger charge is -2.21. The summed E-state index contributed by atoms with van der Waals surface area (Å²) in [5.41, 5.74) is 0. The lowest BCUT2D eigenvalue weighted by molar-refractivity contribution is -0.161. The Labute approximate surface area is 568 Å². The van der Waals surface area contributed by atoms with E-state index in [1.165, 1.54) is 212 Å². The highest BCUT2D eigenvalue weighted by atomic mass is 31.2. The molecule has 5 atom stereocenters. The SMILES string of the molecule is CCCCCCCCCCCCCCCCCCC(=O)OC[C@H](COP(=O)(O)OC[C@@H](O)COP(=O)(O)OC[C@@H](COC(=O)CCCCCCCCCCC)OC(=O)CCCCCCCCCCCC)OC(=O)CCCCCCCCCCCCCCCCCC(C)C. The van der Waals surface area contributed by atoms with Crippen molar-refractivity contribution in [1.82, 2.24) is 0 Å². The number of aliphatic hydroxyl groups is 1. The summed E-state index contributed by atoms with van der Waals surface area (Å²) < 4.78 is 68.4. The molecular formula is C74H144O17P2. The topological polar surface area (TPSA) is 237 Å². The predicted octanol–water partition coefficient (Wildman–Crippen LogP) is 21.7. The van der Waals surface area contributed by atoms with E-state index in [9.17, 15) is 43.2 Å². The van der Waals surface area contributed by atoms with Gasteiger partial charge in [-0.25, -0.2) is 9.13 Å². The van der Waals surface area contributed by atoms with E-state index in [1.807, 2.05) is 0 Å². The maximum absolute atomic E-state index is 13.1. The third kappa shape index (κ3) is 68.4. The number of carbonyl (C=O) groups excluding carboxylic acids is 4. The second-order valence-electron chi connectivity index (χ2n) is 27.2. The molecule has 93 heavy (non-hydrogen) atoms. The summed E-state index contributed by atoms with van der Waals surface area (Å²) in [5, 5.41) is 10.6. The van der Waals surface area contributed by atoms with Crippen LogP contribution >= 0.6 is 15.6 Å². The van der Waals surface area contributed by atoms with Crippen molar-refractivity contribution in [1.29, 1.82) is 0 Å². The number of phosphoric ester groups is 2. The highest BCUT2D eigenvalue weighted by molar-refractivity contribution is 7.47. The van der Waals surface area contributed by atoms with Gasteiger partial charge in [0.05, 0.1) is 26.4 Å². The van der Waals surface area contributed by atoms with E-state index in [0.717, 1.165) is 95.8 Å². The van der Waals surface area contributed by atoms with Gasteiger partial charge in [-0.2, -0.15) is 0 Å². The fourth-order valence-corrected chi connectivity index (χ4v) is 12.9. The van der Waals surface area contributed by atoms with Gasteiger partial charge in [-0.3, -0.25) is 37.3 Å². The van der Waals surface area contributed by atoms with Gasteiger partial charge in [0.1, 0.15) is 19.3 Å². The van der Waals surface area contributed by atoms with Crippen molar-refractivity contribution < 1.29 is 80.2 Å². The molecule has 0 saturated heterocycles. The van der Waals surface area contributed by atoms with Crippen LogP contribution in [0.15, 0.2) is 0 Å². The van der Waals surface area contributed by atoms with Gasteiger partial charge in [0.2, 0.25) is 0 Å². The second-order valence-corrected chi connectivity index (χ2v) is 30.1. The average Bonchev–Trinajstić information content (AvgIpc) is 1.66. The van der Waals surface area contributed by atoms with Crippen molar-refractivity contribution >= 4 is 39.5 Å². The fourth-order valence-electron chi connectivity index (χ4n) is 11.4. The van der Waals surface area contributed by atoms with Crippen LogP contribution in [-0.2, 0) is 65.4 Å². The number of phosphoric acid groups is 2. The van der Waals surface area contributed by atoms with Crippen LogP contribution in [0.25, 0.3) is 0 Å². The van der Waals surface area contributed by atoms with Crippen molar-refractivity contribution in [3.63, 3.8) is 0 Å². The standard InChI is InChI=1S/C74H144O17P2/c1-6-9-12-15-18-21-23-24-25-28-31-34-39-43-48-53-58-72(77)85-64-70(91-74(79)60-55-50-45-40-35-32-29-26-27-30-33-37-41-46-51-56-67(4)5)66-89-93(82,83)87-62-68(75)61-86-92(80,81)88-65-69(63-84-71(76)57-52-47-42-36-20-17-14-11-8-3)90-73(78)59-54-49-44-38-22-19-16-13-10-7-2/h67-70,75H,6-66H2,1-5H3,(H,80,81)(H,82,83)/t68-,69+,70+/m0/s1. The van der Waals surface area contributed by atoms with Crippen LogP contribution in [0.2, 0.25) is 0 Å². The van der Waals surface area contributed by atoms with Gasteiger partial charge in [-0.05, 0) is 31.6 Å². The summed E-state index contributed by atoms with van der Waals surface area (Å²) in [7, 11) is -9.90. The number of hydrogen-bond donors (Lipinski definition) is 3. The van der Waals surface area contributed by atoms with Crippen LogP contribution in [0, 0.1) is 5.92 Å². The molecule has 0 aromatic heterocycles. The number of hydrogen-bond acceptors (Lipinski definition) is 15. The van der Waals surface area contributed by atoms with Crippen molar-refractivity contribution in [2.45, 2.75) is 406 Å². The molecule has 0 aliphatic rings. The molecule has 0 heterocycles. The van der Waals surface area contributed by atoms with Gasteiger partial charge < -0.3 is 33.8 Å². The van der Waals surface area contributed by atoms with Gasteiger partial charge in [0.25, 0.3) is 0 Å². The highest BCUT2D eigenvalue weighted by Gasteiger charge is 2.30. The van der Waals surface area contributed by atoms with Crippen molar-refractivity contribution in [3.8, 4) is 0 Å². The van der Waals surface area contributed by atoms with Crippen molar-refractivity contribution in [2.75, 3.05) is 39.6 Å². The van der Waals surface area contributed by atoms with Gasteiger partial charge in [0.15, 0.2) is 12.2 Å². The first-order valence-electron chi connectivity index (χ1n) is 38.6. The molecule has 0 spiro atoms. The van der Waals surface area contributed by atoms with E-state index < -0.39 is 97.5 Å². The fraction of sp³-hybridized carbons (Fsp3) is 0.946. The van der Waals surface area contributed by atoms with Gasteiger partial charge in [0, 0.05) is 25.7 Å². The second kappa shape index (κ2) is 67.3. The van der Waals surface area contributed by atoms with Gasteiger partial charge in [-0.15, -0.1) is 0 Å². The lowest BCUT2D eigenvalue weighted by atomic mass is 10.0. The first-order valence-corrected chi connectivity index (χ1v) is 41.6. The van der Waals surface area contributed by atoms with Crippen molar-refractivity contribution in [2.24, 2.45) is 5.92 Å². The number of esters is 4. The summed E-state index contributed by atoms with van der Waals surface area (Å²) in [4.78, 5) is 72.6. The molecule has 19 heteroatoms. The Morgan fingerprint density at radius 3 is 0.731 bits per heavy atom. The van der Waals surface area contributed by atoms with Crippen LogP contribution in [0.4, 0.5) is 0 Å². The normalized spacial score (nSPS) is 14.0. The van der Waals surface area contributed by atoms with Gasteiger partial charge in [-0.1, -0.05) is 336 Å². The molecule has 0 radical (unpaired) electrons. The largest absolute Gasteiger partial charge is 0.472 e. The average molecular weight is 1370 g/mol. The molecule has 0 aliphatic heterocycles. The zero-order chi connectivity index (χ0) is 68.4. The maximum atomic E-state index is 13.1. The molecule has 552 valence electrons. The third-order valence-electron chi connectivity index (χ3n) is 17.3. The first kappa shape index (κ1) is 91.1. The minimum atomic E-state index is -4.95. The summed E-state index contributed by atoms with van der Waals surface area (Å²) in [6, 6.07) is 0. The monoisotopic (exact) mass is 1370 g/mol. The molecule has 0 aromatic rings. The molecule has 0 aromatic carbocycles. The summed E-state index contributed by atoms with van der Waals surface area (Å²) in [6.45, 7) is 7.28. The lowest BCUT2D eigenvalue weighted by Crippen LogP contribution is -2.30. The van der Waals surface area contributed by atoms with Crippen LogP contribution in [0.5, 0.6) is 0 Å². The van der Waals surface area contributed by atoms with E-state index in [2.05, 4.69) is 34.6 Å². The summed E-state index contributed by atoms with van der Waals surface area (Å²) in [5.74, 6) is -1.31. The first-order chi connectivity index (χ1) is 45.0. The van der Waals surface area contributed by atoms with Crippen LogP contribution < -0.4 is 0 Å². The summed E-state index contributed by atoms with van der Waals surface area (Å²) >= 11 is 0. The number of aliphatic hydroxyl groups excluding tert-OH is 1. The van der Waals surface area contributed by atoms with Crippen molar-refractivity contribution in [3.05, 3.63) is 0 Å². The predicted molar refractivity (Wildman–Crippen MR) is 377 cm³/mol. The molecule has 0 amide bonds. The van der Waals surface area contributed by atoms with E-state index in [0.29, 0.717) is 25.7 Å². The zero-order valence-electron chi connectivity index (χ0n) is 60.4. The van der Waals surface area contributed by atoms with E-state index in [-0.39, 0.29) is 25.7 Å². The zero-order valence-corrected chi connectivity index (χ0v) is 62.2. The molecular weight excluding hydrogens is 1220 g/mol. The molecule has 0 aliphatic carbocycles. The Kier molecular flexibility index (Phi) is 65.9. The Balaban J connectivity index is 5.21. The third-order valence-corrected chi connectivity index (χ3v) is 19.2. The van der Waals surface area contributed by atoms with E-state index in [1.54, 1.807) is 0 Å². The van der Waals surface area contributed by atoms with E-state index in [4.69, 9.17) is 37.0 Å². The molecule has 3 N–H and O–H groups in total. The number of ether oxygens (including phenoxy) is 4. The number of unbranched alkanes of at least 4 members (excludes halogenated alkanes) is 46.